The second-order valence-electron chi connectivity index (χ2n) is 5.56. The molecule has 1 aromatic rings. The Morgan fingerprint density at radius 3 is 2.14 bits per heavy atom. The fraction of sp³-hybridized carbons (Fsp3) is 0.471. The Hall–Kier alpha value is -2.39. The Kier molecular flexibility index (Phi) is 9.67. The van der Waals surface area contributed by atoms with E-state index in [-0.39, 0.29) is 25.1 Å². The van der Waals surface area contributed by atoms with E-state index in [4.69, 9.17) is 32.7 Å². The number of carbonyl (C=O) groups excluding carboxylic acids is 3. The number of rotatable bonds is 10. The van der Waals surface area contributed by atoms with Crippen LogP contribution in [0, 0.1) is 10.1 Å². The molecule has 154 valence electrons. The Balaban J connectivity index is 3.22. The van der Waals surface area contributed by atoms with Gasteiger partial charge in [0.15, 0.2) is 10.9 Å². The molecule has 0 aliphatic rings. The first-order valence-electron chi connectivity index (χ1n) is 8.37. The van der Waals surface area contributed by atoms with Gasteiger partial charge in [0, 0.05) is 25.0 Å². The number of hydrogen-bond acceptors (Lipinski definition) is 7. The summed E-state index contributed by atoms with van der Waals surface area (Å²) in [5.41, 5.74) is 0.190. The van der Waals surface area contributed by atoms with Crippen molar-refractivity contribution >= 4 is 46.7 Å². The van der Waals surface area contributed by atoms with Crippen LogP contribution in [0.3, 0.4) is 0 Å². The second-order valence-corrected chi connectivity index (χ2v) is 6.66. The van der Waals surface area contributed by atoms with Gasteiger partial charge >= 0.3 is 11.9 Å². The monoisotopic (exact) mass is 434 g/mol. The second kappa shape index (κ2) is 11.5. The molecule has 1 N–H and O–H groups in total. The van der Waals surface area contributed by atoms with Gasteiger partial charge in [-0.25, -0.2) is 0 Å². The van der Waals surface area contributed by atoms with Gasteiger partial charge in [0.1, 0.15) is 12.6 Å². The highest BCUT2D eigenvalue weighted by Crippen LogP contribution is 2.25. The molecule has 2 unspecified atom stereocenters. The highest BCUT2D eigenvalue weighted by molar-refractivity contribution is 6.53. The number of halogens is 2. The van der Waals surface area contributed by atoms with Crippen molar-refractivity contribution in [1.29, 1.82) is 0 Å². The van der Waals surface area contributed by atoms with Gasteiger partial charge in [0.2, 0.25) is 0 Å². The lowest BCUT2D eigenvalue weighted by Gasteiger charge is -2.28. The zero-order valence-electron chi connectivity index (χ0n) is 15.2. The average molecular weight is 435 g/mol. The lowest BCUT2D eigenvalue weighted by Crippen LogP contribution is -2.46. The lowest BCUT2D eigenvalue weighted by molar-refractivity contribution is -0.384. The van der Waals surface area contributed by atoms with E-state index in [1.165, 1.54) is 24.3 Å². The predicted molar refractivity (Wildman–Crippen MR) is 101 cm³/mol. The smallest absolute Gasteiger partial charge is 0.306 e. The third-order valence-electron chi connectivity index (χ3n) is 3.58. The Bertz CT molecular complexity index is 710. The molecule has 2 atom stereocenters. The molecular formula is C17H20Cl2N2O7. The number of alkyl halides is 2. The summed E-state index contributed by atoms with van der Waals surface area (Å²) >= 11 is 11.1. The number of carbonyl (C=O) groups is 3. The summed E-state index contributed by atoms with van der Waals surface area (Å²) in [4.78, 5) is 44.2. The van der Waals surface area contributed by atoms with Gasteiger partial charge in [-0.3, -0.25) is 24.5 Å². The molecule has 0 saturated heterocycles. The van der Waals surface area contributed by atoms with E-state index in [9.17, 15) is 24.5 Å². The zero-order chi connectivity index (χ0) is 21.3. The van der Waals surface area contributed by atoms with Gasteiger partial charge in [0.25, 0.3) is 11.6 Å². The van der Waals surface area contributed by atoms with Gasteiger partial charge in [0.05, 0.1) is 4.92 Å². The zero-order valence-corrected chi connectivity index (χ0v) is 16.7. The quantitative estimate of drug-likeness (QED) is 0.259. The molecule has 9 nitrogen and oxygen atoms in total. The van der Waals surface area contributed by atoms with Gasteiger partial charge in [-0.1, -0.05) is 37.0 Å². The first-order valence-corrected chi connectivity index (χ1v) is 9.24. The maximum absolute atomic E-state index is 12.0. The molecule has 1 rings (SSSR count). The first kappa shape index (κ1) is 23.6. The van der Waals surface area contributed by atoms with Crippen molar-refractivity contribution in [2.45, 2.75) is 43.7 Å². The number of benzene rings is 1. The molecule has 0 fully saturated rings. The average Bonchev–Trinajstić information content (AvgIpc) is 2.68. The van der Waals surface area contributed by atoms with Gasteiger partial charge in [-0.05, 0) is 17.7 Å². The number of nitrogens with zero attached hydrogens (tertiary/aromatic N) is 1. The molecule has 11 heteroatoms. The molecule has 0 aromatic heterocycles. The summed E-state index contributed by atoms with van der Waals surface area (Å²) < 4.78 is 10.5. The molecule has 0 aliphatic carbocycles. The van der Waals surface area contributed by atoms with Crippen LogP contribution in [0.2, 0.25) is 0 Å². The van der Waals surface area contributed by atoms with Crippen LogP contribution in [0.1, 0.15) is 38.4 Å². The number of amides is 1. The third-order valence-corrected chi connectivity index (χ3v) is 3.98. The minimum absolute atomic E-state index is 0.0481. The number of esters is 2. The summed E-state index contributed by atoms with van der Waals surface area (Å²) in [5.74, 6) is -1.89. The van der Waals surface area contributed by atoms with Crippen LogP contribution in [0.25, 0.3) is 0 Å². The van der Waals surface area contributed by atoms with Crippen molar-refractivity contribution in [2.75, 3.05) is 6.61 Å². The Morgan fingerprint density at radius 1 is 1.11 bits per heavy atom. The van der Waals surface area contributed by atoms with Gasteiger partial charge in [-0.2, -0.15) is 0 Å². The van der Waals surface area contributed by atoms with E-state index in [0.29, 0.717) is 5.56 Å². The molecule has 0 aliphatic heterocycles. The minimum atomic E-state index is -1.40. The van der Waals surface area contributed by atoms with Gasteiger partial charge < -0.3 is 14.8 Å². The maximum atomic E-state index is 12.0. The summed E-state index contributed by atoms with van der Waals surface area (Å²) in [7, 11) is 0. The van der Waals surface area contributed by atoms with E-state index in [0.717, 1.165) is 0 Å². The molecule has 0 saturated carbocycles. The molecule has 1 amide bonds. The van der Waals surface area contributed by atoms with E-state index >= 15 is 0 Å². The Labute approximate surface area is 171 Å². The van der Waals surface area contributed by atoms with E-state index in [1.807, 2.05) is 0 Å². The highest BCUT2D eigenvalue weighted by Gasteiger charge is 2.31. The predicted octanol–water partition coefficient (Wildman–Crippen LogP) is 2.83. The lowest BCUT2D eigenvalue weighted by atomic mass is 10.0. The fourth-order valence-corrected chi connectivity index (χ4v) is 2.25. The molecule has 0 heterocycles. The van der Waals surface area contributed by atoms with E-state index in [1.54, 1.807) is 13.8 Å². The van der Waals surface area contributed by atoms with Crippen molar-refractivity contribution in [3.05, 3.63) is 39.9 Å². The number of ether oxygens (including phenoxy) is 2. The standard InChI is InChI=1S/C17H20Cl2N2O7/c1-3-13(22)27-9-12(20-17(24)16(18)19)15(28-14(23)4-2)10-5-7-11(8-6-10)21(25)26/h5-8,12,15-16H,3-4,9H2,1-2H3,(H,20,24). The highest BCUT2D eigenvalue weighted by atomic mass is 35.5. The largest absolute Gasteiger partial charge is 0.463 e. The van der Waals surface area contributed by atoms with Crippen LogP contribution < -0.4 is 5.32 Å². The molecule has 28 heavy (non-hydrogen) atoms. The molecule has 1 aromatic carbocycles. The molecular weight excluding hydrogens is 415 g/mol. The van der Waals surface area contributed by atoms with E-state index < -0.39 is 39.8 Å². The third kappa shape index (κ3) is 7.32. The van der Waals surface area contributed by atoms with Crippen LogP contribution in [0.15, 0.2) is 24.3 Å². The molecule has 0 spiro atoms. The van der Waals surface area contributed by atoms with Gasteiger partial charge in [-0.15, -0.1) is 0 Å². The normalized spacial score (nSPS) is 12.8. The topological polar surface area (TPSA) is 125 Å². The van der Waals surface area contributed by atoms with E-state index in [2.05, 4.69) is 5.32 Å². The van der Waals surface area contributed by atoms with Crippen molar-refractivity contribution < 1.29 is 28.8 Å². The molecule has 0 bridgehead atoms. The van der Waals surface area contributed by atoms with Crippen molar-refractivity contribution in [2.24, 2.45) is 0 Å². The first-order chi connectivity index (χ1) is 13.2. The number of non-ortho nitro benzene ring substituents is 1. The van der Waals surface area contributed by atoms with Crippen LogP contribution in [-0.4, -0.2) is 40.3 Å². The fourth-order valence-electron chi connectivity index (χ4n) is 2.13. The Morgan fingerprint density at radius 2 is 1.68 bits per heavy atom. The summed E-state index contributed by atoms with van der Waals surface area (Å²) in [6.45, 7) is 2.85. The van der Waals surface area contributed by atoms with Crippen LogP contribution in [0.4, 0.5) is 5.69 Å². The van der Waals surface area contributed by atoms with Crippen molar-refractivity contribution in [3.8, 4) is 0 Å². The maximum Gasteiger partial charge on any atom is 0.306 e. The summed E-state index contributed by atoms with van der Waals surface area (Å²) in [6, 6.07) is 4.20. The summed E-state index contributed by atoms with van der Waals surface area (Å²) in [5, 5.41) is 13.3. The summed E-state index contributed by atoms with van der Waals surface area (Å²) in [6.07, 6.45) is -0.938. The number of nitro benzene ring substituents is 1. The number of nitro groups is 1. The number of nitrogens with one attached hydrogen (secondary N) is 1. The number of hydrogen-bond donors (Lipinski definition) is 1. The minimum Gasteiger partial charge on any atom is -0.463 e. The molecule has 0 radical (unpaired) electrons. The van der Waals surface area contributed by atoms with Crippen LogP contribution in [-0.2, 0) is 23.9 Å². The van der Waals surface area contributed by atoms with Crippen molar-refractivity contribution in [3.63, 3.8) is 0 Å². The van der Waals surface area contributed by atoms with Crippen LogP contribution in [0.5, 0.6) is 0 Å². The SMILES string of the molecule is CCC(=O)OCC(NC(=O)C(Cl)Cl)C(OC(=O)CC)c1ccc([N+](=O)[O-])cc1. The van der Waals surface area contributed by atoms with Crippen molar-refractivity contribution in [1.82, 2.24) is 5.32 Å². The van der Waals surface area contributed by atoms with Crippen LogP contribution >= 0.6 is 23.2 Å².